The Morgan fingerprint density at radius 2 is 1.90 bits per heavy atom. The lowest BCUT2D eigenvalue weighted by molar-refractivity contribution is -0.169. The fourth-order valence-electron chi connectivity index (χ4n) is 2.87. The number of piperidine rings is 1. The third-order valence-corrected chi connectivity index (χ3v) is 3.93. The van der Waals surface area contributed by atoms with Crippen molar-refractivity contribution in [3.8, 4) is 0 Å². The first-order valence-electron chi connectivity index (χ1n) is 6.75. The van der Waals surface area contributed by atoms with Crippen LogP contribution in [0.1, 0.15) is 23.2 Å². The van der Waals surface area contributed by atoms with Crippen LogP contribution in [-0.4, -0.2) is 43.2 Å². The number of anilines is 2. The molecule has 0 unspecified atom stereocenters. The van der Waals surface area contributed by atoms with Crippen molar-refractivity contribution in [2.75, 3.05) is 36.9 Å². The Kier molecular flexibility index (Phi) is 3.27. The summed E-state index contributed by atoms with van der Waals surface area (Å²) in [4.78, 5) is 13.3. The van der Waals surface area contributed by atoms with E-state index in [1.165, 1.54) is 0 Å². The van der Waals surface area contributed by atoms with Gasteiger partial charge in [-0.2, -0.15) is 0 Å². The van der Waals surface area contributed by atoms with Gasteiger partial charge in [0.1, 0.15) is 0 Å². The molecule has 0 bridgehead atoms. The maximum atomic E-state index is 11.3. The highest BCUT2D eigenvalue weighted by molar-refractivity contribution is 5.95. The highest BCUT2D eigenvalue weighted by Crippen LogP contribution is 2.34. The van der Waals surface area contributed by atoms with Gasteiger partial charge in [-0.15, -0.1) is 0 Å². The molecule has 3 N–H and O–H groups in total. The zero-order valence-electron chi connectivity index (χ0n) is 11.2. The van der Waals surface area contributed by atoms with Gasteiger partial charge in [0.05, 0.1) is 24.5 Å². The van der Waals surface area contributed by atoms with E-state index in [0.717, 1.165) is 12.8 Å². The molecule has 3 rings (SSSR count). The molecular weight excluding hydrogens is 260 g/mol. The van der Waals surface area contributed by atoms with Crippen LogP contribution in [0, 0.1) is 0 Å². The molecule has 0 aromatic heterocycles. The summed E-state index contributed by atoms with van der Waals surface area (Å²) < 4.78 is 11.4. The molecule has 2 heterocycles. The van der Waals surface area contributed by atoms with Crippen LogP contribution >= 0.6 is 0 Å². The molecule has 2 aliphatic rings. The summed E-state index contributed by atoms with van der Waals surface area (Å²) >= 11 is 0. The molecule has 0 atom stereocenters. The van der Waals surface area contributed by atoms with Gasteiger partial charge in [-0.1, -0.05) is 0 Å². The van der Waals surface area contributed by atoms with E-state index in [1.54, 1.807) is 18.2 Å². The molecule has 1 aromatic carbocycles. The van der Waals surface area contributed by atoms with E-state index >= 15 is 0 Å². The minimum atomic E-state index is -0.936. The molecule has 108 valence electrons. The van der Waals surface area contributed by atoms with Gasteiger partial charge in [-0.25, -0.2) is 4.79 Å². The standard InChI is InChI=1S/C14H18N2O4/c15-10-1-2-11(13(17)18)12(9-10)16-5-3-14(4-6-16)19-7-8-20-14/h1-2,9H,3-8,15H2,(H,17,18). The molecule has 20 heavy (non-hydrogen) atoms. The predicted octanol–water partition coefficient (Wildman–Crippen LogP) is 1.31. The maximum Gasteiger partial charge on any atom is 0.337 e. The summed E-state index contributed by atoms with van der Waals surface area (Å²) in [5, 5.41) is 9.28. The second-order valence-electron chi connectivity index (χ2n) is 5.18. The second kappa shape index (κ2) is 4.96. The monoisotopic (exact) mass is 278 g/mol. The lowest BCUT2D eigenvalue weighted by Gasteiger charge is -2.39. The van der Waals surface area contributed by atoms with E-state index in [9.17, 15) is 9.90 Å². The van der Waals surface area contributed by atoms with Crippen LogP contribution in [0.2, 0.25) is 0 Å². The van der Waals surface area contributed by atoms with Crippen molar-refractivity contribution < 1.29 is 19.4 Å². The van der Waals surface area contributed by atoms with Crippen LogP contribution in [0.3, 0.4) is 0 Å². The summed E-state index contributed by atoms with van der Waals surface area (Å²) in [6.45, 7) is 2.67. The summed E-state index contributed by atoms with van der Waals surface area (Å²) in [5.74, 6) is -1.39. The lowest BCUT2D eigenvalue weighted by Crippen LogP contribution is -2.45. The summed E-state index contributed by atoms with van der Waals surface area (Å²) in [6, 6.07) is 4.89. The molecule has 0 radical (unpaired) electrons. The smallest absolute Gasteiger partial charge is 0.337 e. The van der Waals surface area contributed by atoms with Crippen LogP contribution in [0.4, 0.5) is 11.4 Å². The van der Waals surface area contributed by atoms with E-state index in [4.69, 9.17) is 15.2 Å². The summed E-state index contributed by atoms with van der Waals surface area (Å²) in [7, 11) is 0. The third-order valence-electron chi connectivity index (χ3n) is 3.93. The number of hydrogen-bond donors (Lipinski definition) is 2. The van der Waals surface area contributed by atoms with Crippen molar-refractivity contribution in [1.29, 1.82) is 0 Å². The Hall–Kier alpha value is -1.79. The van der Waals surface area contributed by atoms with Crippen molar-refractivity contribution in [3.05, 3.63) is 23.8 Å². The Morgan fingerprint density at radius 1 is 1.25 bits per heavy atom. The van der Waals surface area contributed by atoms with Crippen molar-refractivity contribution in [2.45, 2.75) is 18.6 Å². The highest BCUT2D eigenvalue weighted by atomic mass is 16.7. The van der Waals surface area contributed by atoms with Crippen LogP contribution in [0.15, 0.2) is 18.2 Å². The molecule has 6 heteroatoms. The SMILES string of the molecule is Nc1ccc(C(=O)O)c(N2CCC3(CC2)OCCO3)c1. The summed E-state index contributed by atoms with van der Waals surface area (Å²) in [6.07, 6.45) is 1.47. The van der Waals surface area contributed by atoms with E-state index in [1.807, 2.05) is 4.90 Å². The van der Waals surface area contributed by atoms with Crippen LogP contribution in [0.5, 0.6) is 0 Å². The van der Waals surface area contributed by atoms with E-state index < -0.39 is 11.8 Å². The molecule has 0 amide bonds. The first-order valence-corrected chi connectivity index (χ1v) is 6.75. The maximum absolute atomic E-state index is 11.3. The van der Waals surface area contributed by atoms with E-state index in [-0.39, 0.29) is 5.56 Å². The Bertz CT molecular complexity index is 516. The lowest BCUT2D eigenvalue weighted by atomic mass is 10.0. The molecule has 0 saturated carbocycles. The van der Waals surface area contributed by atoms with Gasteiger partial charge < -0.3 is 25.2 Å². The van der Waals surface area contributed by atoms with Crippen LogP contribution in [0.25, 0.3) is 0 Å². The van der Waals surface area contributed by atoms with E-state index in [0.29, 0.717) is 37.7 Å². The van der Waals surface area contributed by atoms with E-state index in [2.05, 4.69) is 0 Å². The largest absolute Gasteiger partial charge is 0.478 e. The average molecular weight is 278 g/mol. The molecule has 1 spiro atoms. The Balaban J connectivity index is 1.80. The van der Waals surface area contributed by atoms with Gasteiger partial charge in [0.15, 0.2) is 5.79 Å². The van der Waals surface area contributed by atoms with Gasteiger partial charge in [-0.05, 0) is 18.2 Å². The molecule has 2 fully saturated rings. The quantitative estimate of drug-likeness (QED) is 0.793. The zero-order chi connectivity index (χ0) is 14.2. The number of carbonyl (C=O) groups is 1. The van der Waals surface area contributed by atoms with Gasteiger partial charge in [-0.3, -0.25) is 0 Å². The number of benzene rings is 1. The second-order valence-corrected chi connectivity index (χ2v) is 5.18. The van der Waals surface area contributed by atoms with Gasteiger partial charge in [0.25, 0.3) is 0 Å². The number of nitrogens with two attached hydrogens (primary N) is 1. The van der Waals surface area contributed by atoms with Crippen molar-refractivity contribution in [1.82, 2.24) is 0 Å². The number of aromatic carboxylic acids is 1. The fourth-order valence-corrected chi connectivity index (χ4v) is 2.87. The Morgan fingerprint density at radius 3 is 2.50 bits per heavy atom. The average Bonchev–Trinajstić information content (AvgIpc) is 2.87. The minimum absolute atomic E-state index is 0.281. The van der Waals surface area contributed by atoms with Gasteiger partial charge >= 0.3 is 5.97 Å². The normalized spacial score (nSPS) is 21.3. The van der Waals surface area contributed by atoms with Crippen LogP contribution < -0.4 is 10.6 Å². The molecule has 6 nitrogen and oxygen atoms in total. The fraction of sp³-hybridized carbons (Fsp3) is 0.500. The predicted molar refractivity (Wildman–Crippen MR) is 73.9 cm³/mol. The highest BCUT2D eigenvalue weighted by Gasteiger charge is 2.40. The van der Waals surface area contributed by atoms with Crippen molar-refractivity contribution in [3.63, 3.8) is 0 Å². The molecule has 2 saturated heterocycles. The number of carboxylic acid groups (broad SMARTS) is 1. The number of nitrogens with zero attached hydrogens (tertiary/aromatic N) is 1. The number of rotatable bonds is 2. The van der Waals surface area contributed by atoms with Gasteiger partial charge in [0, 0.05) is 31.6 Å². The molecule has 1 aromatic rings. The number of nitrogen functional groups attached to an aromatic ring is 1. The number of ether oxygens (including phenoxy) is 2. The molecule has 2 aliphatic heterocycles. The number of hydrogen-bond acceptors (Lipinski definition) is 5. The third kappa shape index (κ3) is 2.32. The first-order chi connectivity index (χ1) is 9.60. The zero-order valence-corrected chi connectivity index (χ0v) is 11.2. The van der Waals surface area contributed by atoms with Gasteiger partial charge in [0.2, 0.25) is 0 Å². The topological polar surface area (TPSA) is 85.0 Å². The molecule has 0 aliphatic carbocycles. The summed E-state index contributed by atoms with van der Waals surface area (Å²) in [5.41, 5.74) is 7.30. The Labute approximate surface area is 117 Å². The van der Waals surface area contributed by atoms with Crippen LogP contribution in [-0.2, 0) is 9.47 Å². The van der Waals surface area contributed by atoms with Crippen molar-refractivity contribution >= 4 is 17.3 Å². The molecular formula is C14H18N2O4. The number of carboxylic acids is 1. The van der Waals surface area contributed by atoms with Crippen molar-refractivity contribution in [2.24, 2.45) is 0 Å². The first kappa shape index (κ1) is 13.2. The minimum Gasteiger partial charge on any atom is -0.478 e.